The number of rotatable bonds is 7. The maximum atomic E-state index is 6.74. The number of hydrogen-bond donors (Lipinski definition) is 0. The van der Waals surface area contributed by atoms with Crippen LogP contribution in [0.4, 0.5) is 11.4 Å². The Kier molecular flexibility index (Phi) is 8.56. The topological polar surface area (TPSA) is 55.1 Å². The van der Waals surface area contributed by atoms with E-state index in [9.17, 15) is 0 Å². The SMILES string of the molecule is C1=CC2C(c3ccccc3N2c2ccc(-c3cccc(-c4ccccc4)c3)cc2)c2c1oc1cccc(-c3nc(-c4ccccc4)nc(-c4cccc(-c5ccccc5)c4)n3)c21. The molecule has 2 unspecified atom stereocenters. The van der Waals surface area contributed by atoms with Crippen LogP contribution in [0.15, 0.2) is 217 Å². The average Bonchev–Trinajstić information content (AvgIpc) is 3.91. The van der Waals surface area contributed by atoms with Crippen molar-refractivity contribution in [1.29, 1.82) is 0 Å². The van der Waals surface area contributed by atoms with E-state index in [1.165, 1.54) is 33.5 Å². The molecule has 0 amide bonds. The Balaban J connectivity index is 0.967. The van der Waals surface area contributed by atoms with E-state index >= 15 is 0 Å². The van der Waals surface area contributed by atoms with Crippen molar-refractivity contribution in [1.82, 2.24) is 15.0 Å². The van der Waals surface area contributed by atoms with Gasteiger partial charge in [0.1, 0.15) is 11.3 Å². The summed E-state index contributed by atoms with van der Waals surface area (Å²) in [6.45, 7) is 0. The van der Waals surface area contributed by atoms with Gasteiger partial charge in [-0.3, -0.25) is 0 Å². The summed E-state index contributed by atoms with van der Waals surface area (Å²) >= 11 is 0. The largest absolute Gasteiger partial charge is 0.456 e. The van der Waals surface area contributed by atoms with E-state index in [1.807, 2.05) is 30.3 Å². The summed E-state index contributed by atoms with van der Waals surface area (Å²) in [5, 5.41) is 1.03. The van der Waals surface area contributed by atoms with Gasteiger partial charge in [-0.15, -0.1) is 0 Å². The van der Waals surface area contributed by atoms with Gasteiger partial charge in [0.2, 0.25) is 0 Å². The molecule has 10 aromatic rings. The van der Waals surface area contributed by atoms with Crippen molar-refractivity contribution in [3.63, 3.8) is 0 Å². The normalized spacial score (nSPS) is 15.0. The van der Waals surface area contributed by atoms with E-state index < -0.39 is 0 Å². The fourth-order valence-corrected chi connectivity index (χ4v) is 9.43. The molecule has 5 heteroatoms. The number of para-hydroxylation sites is 1. The maximum Gasteiger partial charge on any atom is 0.164 e. The van der Waals surface area contributed by atoms with Crippen molar-refractivity contribution in [2.45, 2.75) is 12.0 Å². The van der Waals surface area contributed by atoms with Crippen molar-refractivity contribution in [2.75, 3.05) is 4.90 Å². The van der Waals surface area contributed by atoms with E-state index in [4.69, 9.17) is 19.4 Å². The summed E-state index contributed by atoms with van der Waals surface area (Å²) in [5.74, 6) is 2.72. The molecule has 0 fully saturated rings. The minimum Gasteiger partial charge on any atom is -0.456 e. The Bertz CT molecular complexity index is 3300. The first-order chi connectivity index (χ1) is 30.7. The van der Waals surface area contributed by atoms with E-state index in [0.717, 1.165) is 55.8 Å². The summed E-state index contributed by atoms with van der Waals surface area (Å²) in [7, 11) is 0. The molecule has 1 aliphatic heterocycles. The number of benzene rings is 8. The van der Waals surface area contributed by atoms with Crippen molar-refractivity contribution < 1.29 is 4.42 Å². The van der Waals surface area contributed by atoms with Crippen LogP contribution >= 0.6 is 0 Å². The number of nitrogens with zero attached hydrogens (tertiary/aromatic N) is 4. The number of furan rings is 1. The first-order valence-corrected chi connectivity index (χ1v) is 21.1. The Hall–Kier alpha value is -8.15. The first-order valence-electron chi connectivity index (χ1n) is 21.1. The Labute approximate surface area is 360 Å². The smallest absolute Gasteiger partial charge is 0.164 e. The fourth-order valence-electron chi connectivity index (χ4n) is 9.43. The second-order valence-corrected chi connectivity index (χ2v) is 15.9. The standard InChI is InChI=1S/C57H38N4O/c1-4-15-37(16-5-1)41-21-12-22-42(35-41)39-29-31-45(32-30-39)61-48-27-11-10-25-46(48)52-49(61)33-34-51-54(52)53-47(26-14-28-50(53)62-51)57-59-55(40-19-8-3-9-20-40)58-56(60-57)44-24-13-23-43(36-44)38-17-6-2-7-18-38/h1-36,49,52H. The molecule has 292 valence electrons. The molecule has 5 nitrogen and oxygen atoms in total. The highest BCUT2D eigenvalue weighted by atomic mass is 16.3. The van der Waals surface area contributed by atoms with Gasteiger partial charge in [-0.2, -0.15) is 0 Å². The lowest BCUT2D eigenvalue weighted by Crippen LogP contribution is -2.30. The molecular formula is C57H38N4O. The van der Waals surface area contributed by atoms with Gasteiger partial charge in [0.05, 0.1) is 6.04 Å². The van der Waals surface area contributed by atoms with Crippen LogP contribution in [0.2, 0.25) is 0 Å². The average molecular weight is 795 g/mol. The summed E-state index contributed by atoms with van der Waals surface area (Å²) in [4.78, 5) is 18.1. The third-order valence-corrected chi connectivity index (χ3v) is 12.3. The van der Waals surface area contributed by atoms with Crippen LogP contribution in [0.25, 0.3) is 84.6 Å². The lowest BCUT2D eigenvalue weighted by molar-refractivity contribution is 0.584. The molecular weight excluding hydrogens is 757 g/mol. The van der Waals surface area contributed by atoms with Crippen LogP contribution in [0, 0.1) is 0 Å². The molecule has 1 aliphatic carbocycles. The summed E-state index contributed by atoms with van der Waals surface area (Å²) in [6, 6.07) is 72.5. The number of anilines is 2. The van der Waals surface area contributed by atoms with Crippen molar-refractivity contribution >= 4 is 28.4 Å². The van der Waals surface area contributed by atoms with Gasteiger partial charge >= 0.3 is 0 Å². The molecule has 8 aromatic carbocycles. The summed E-state index contributed by atoms with van der Waals surface area (Å²) < 4.78 is 6.74. The second-order valence-electron chi connectivity index (χ2n) is 15.9. The highest BCUT2D eigenvalue weighted by Gasteiger charge is 2.43. The van der Waals surface area contributed by atoms with Crippen molar-refractivity contribution in [3.8, 4) is 67.5 Å². The first kappa shape index (κ1) is 35.8. The molecule has 0 saturated heterocycles. The van der Waals surface area contributed by atoms with Crippen LogP contribution in [0.5, 0.6) is 0 Å². The Morgan fingerprint density at radius 3 is 1.61 bits per heavy atom. The van der Waals surface area contributed by atoms with E-state index in [0.29, 0.717) is 17.5 Å². The van der Waals surface area contributed by atoms with Gasteiger partial charge in [0.15, 0.2) is 17.5 Å². The van der Waals surface area contributed by atoms with Gasteiger partial charge < -0.3 is 9.32 Å². The molecule has 0 N–H and O–H groups in total. The zero-order chi connectivity index (χ0) is 41.0. The van der Waals surface area contributed by atoms with Gasteiger partial charge in [0.25, 0.3) is 0 Å². The van der Waals surface area contributed by atoms with Crippen LogP contribution in [-0.4, -0.2) is 21.0 Å². The fraction of sp³-hybridized carbons (Fsp3) is 0.0351. The predicted octanol–water partition coefficient (Wildman–Crippen LogP) is 14.3. The highest BCUT2D eigenvalue weighted by molar-refractivity contribution is 6.00. The van der Waals surface area contributed by atoms with Crippen LogP contribution in [0.1, 0.15) is 22.8 Å². The van der Waals surface area contributed by atoms with Gasteiger partial charge in [-0.05, 0) is 81.4 Å². The molecule has 62 heavy (non-hydrogen) atoms. The van der Waals surface area contributed by atoms with Crippen LogP contribution in [0.3, 0.4) is 0 Å². The zero-order valence-electron chi connectivity index (χ0n) is 33.6. The minimum atomic E-state index is 0.00767. The Morgan fingerprint density at radius 1 is 0.419 bits per heavy atom. The molecule has 0 saturated carbocycles. The van der Waals surface area contributed by atoms with E-state index in [1.54, 1.807) is 0 Å². The molecule has 0 spiro atoms. The minimum absolute atomic E-state index is 0.00767. The third-order valence-electron chi connectivity index (χ3n) is 12.3. The molecule has 2 atom stereocenters. The second kappa shape index (κ2) is 14.8. The predicted molar refractivity (Wildman–Crippen MR) is 252 cm³/mol. The molecule has 2 aromatic heterocycles. The lowest BCUT2D eigenvalue weighted by atomic mass is 9.81. The summed E-state index contributed by atoms with van der Waals surface area (Å²) in [5.41, 5.74) is 15.4. The van der Waals surface area contributed by atoms with E-state index in [2.05, 4.69) is 193 Å². The Morgan fingerprint density at radius 2 is 0.935 bits per heavy atom. The zero-order valence-corrected chi connectivity index (χ0v) is 33.6. The lowest BCUT2D eigenvalue weighted by Gasteiger charge is -2.30. The molecule has 0 bridgehead atoms. The van der Waals surface area contributed by atoms with Crippen molar-refractivity contribution in [2.24, 2.45) is 0 Å². The molecule has 12 rings (SSSR count). The van der Waals surface area contributed by atoms with Gasteiger partial charge in [-0.1, -0.05) is 176 Å². The van der Waals surface area contributed by atoms with Crippen LogP contribution in [-0.2, 0) is 0 Å². The van der Waals surface area contributed by atoms with Gasteiger partial charge in [-0.25, -0.2) is 15.0 Å². The van der Waals surface area contributed by atoms with E-state index in [-0.39, 0.29) is 12.0 Å². The number of aromatic nitrogens is 3. The number of hydrogen-bond acceptors (Lipinski definition) is 5. The summed E-state index contributed by atoms with van der Waals surface area (Å²) in [6.07, 6.45) is 4.46. The quantitative estimate of drug-likeness (QED) is 0.161. The molecule has 0 radical (unpaired) electrons. The molecule has 3 heterocycles. The van der Waals surface area contributed by atoms with Gasteiger partial charge in [0, 0.05) is 44.9 Å². The maximum absolute atomic E-state index is 6.74. The monoisotopic (exact) mass is 794 g/mol. The van der Waals surface area contributed by atoms with Crippen LogP contribution < -0.4 is 4.90 Å². The third kappa shape index (κ3) is 6.13. The molecule has 2 aliphatic rings. The van der Waals surface area contributed by atoms with Crippen molar-refractivity contribution in [3.05, 3.63) is 229 Å². The highest BCUT2D eigenvalue weighted by Crippen LogP contribution is 2.54. The number of fused-ring (bicyclic) bond motifs is 7.